The Bertz CT molecular complexity index is 209. The van der Waals surface area contributed by atoms with Gasteiger partial charge in [-0.3, -0.25) is 9.69 Å². The first-order valence-electron chi connectivity index (χ1n) is 4.58. The summed E-state index contributed by atoms with van der Waals surface area (Å²) in [6.45, 7) is 2.74. The van der Waals surface area contributed by atoms with Crippen LogP contribution in [0.2, 0.25) is 0 Å². The van der Waals surface area contributed by atoms with E-state index in [2.05, 4.69) is 5.92 Å². The number of terminal acetylenes is 1. The molecule has 80 valence electrons. The molecule has 0 radical (unpaired) electrons. The van der Waals surface area contributed by atoms with Crippen LogP contribution in [-0.2, 0) is 4.79 Å². The molecule has 0 atom stereocenters. The quantitative estimate of drug-likeness (QED) is 0.583. The van der Waals surface area contributed by atoms with Crippen molar-refractivity contribution < 1.29 is 9.90 Å². The van der Waals surface area contributed by atoms with Crippen LogP contribution in [-0.4, -0.2) is 61.2 Å². The van der Waals surface area contributed by atoms with Crippen molar-refractivity contribution in [1.82, 2.24) is 9.80 Å². The normalized spacial score (nSPS) is 10.5. The maximum atomic E-state index is 10.4. The highest BCUT2D eigenvalue weighted by atomic mass is 16.4. The zero-order valence-corrected chi connectivity index (χ0v) is 8.86. The fourth-order valence-corrected chi connectivity index (χ4v) is 0.994. The predicted molar refractivity (Wildman–Crippen MR) is 56.1 cm³/mol. The van der Waals surface area contributed by atoms with Crippen molar-refractivity contribution in [2.24, 2.45) is 0 Å². The maximum Gasteiger partial charge on any atom is 0.304 e. The Hall–Kier alpha value is -1.05. The van der Waals surface area contributed by atoms with E-state index in [9.17, 15) is 4.79 Å². The van der Waals surface area contributed by atoms with E-state index in [1.165, 1.54) is 0 Å². The molecule has 4 nitrogen and oxygen atoms in total. The number of aliphatic carboxylic acids is 1. The minimum Gasteiger partial charge on any atom is -0.481 e. The van der Waals surface area contributed by atoms with Crippen molar-refractivity contribution in [3.05, 3.63) is 0 Å². The summed E-state index contributed by atoms with van der Waals surface area (Å²) in [6.07, 6.45) is 5.34. The summed E-state index contributed by atoms with van der Waals surface area (Å²) in [7, 11) is 3.95. The Balaban J connectivity index is 3.78. The summed E-state index contributed by atoms with van der Waals surface area (Å²) in [6, 6.07) is 0. The molecule has 0 aromatic heterocycles. The Morgan fingerprint density at radius 1 is 1.36 bits per heavy atom. The third-order valence-electron chi connectivity index (χ3n) is 1.82. The SMILES string of the molecule is C#CCN(CCC(=O)O)CCN(C)C. The van der Waals surface area contributed by atoms with E-state index in [1.54, 1.807) is 0 Å². The molecule has 0 aromatic carbocycles. The zero-order valence-electron chi connectivity index (χ0n) is 8.86. The molecule has 0 bridgehead atoms. The van der Waals surface area contributed by atoms with Gasteiger partial charge < -0.3 is 10.0 Å². The van der Waals surface area contributed by atoms with E-state index in [1.807, 2.05) is 23.9 Å². The fourth-order valence-electron chi connectivity index (χ4n) is 0.994. The standard InChI is InChI=1S/C10H18N2O2/c1-4-6-12(7-5-10(13)14)9-8-11(2)3/h1H,5-9H2,2-3H3,(H,13,14). The van der Waals surface area contributed by atoms with Crippen molar-refractivity contribution >= 4 is 5.97 Å². The molecule has 0 fully saturated rings. The second-order valence-electron chi connectivity index (χ2n) is 3.43. The minimum absolute atomic E-state index is 0.148. The molecule has 0 rings (SSSR count). The lowest BCUT2D eigenvalue weighted by atomic mass is 10.3. The third-order valence-corrected chi connectivity index (χ3v) is 1.82. The molecule has 0 unspecified atom stereocenters. The van der Waals surface area contributed by atoms with Crippen molar-refractivity contribution in [3.8, 4) is 12.3 Å². The number of carboxylic acids is 1. The van der Waals surface area contributed by atoms with Crippen molar-refractivity contribution in [3.63, 3.8) is 0 Å². The molecule has 0 heterocycles. The Labute approximate surface area is 85.5 Å². The van der Waals surface area contributed by atoms with Crippen LogP contribution in [0.4, 0.5) is 0 Å². The first-order valence-corrected chi connectivity index (χ1v) is 4.58. The molecule has 1 N–H and O–H groups in total. The third kappa shape index (κ3) is 7.59. The van der Waals surface area contributed by atoms with Gasteiger partial charge in [0.25, 0.3) is 0 Å². The number of hydrogen-bond donors (Lipinski definition) is 1. The van der Waals surface area contributed by atoms with Gasteiger partial charge in [0.2, 0.25) is 0 Å². The largest absolute Gasteiger partial charge is 0.481 e. The van der Waals surface area contributed by atoms with Crippen molar-refractivity contribution in [2.45, 2.75) is 6.42 Å². The van der Waals surface area contributed by atoms with Gasteiger partial charge in [0.15, 0.2) is 0 Å². The average molecular weight is 198 g/mol. The molecule has 0 saturated heterocycles. The predicted octanol–water partition coefficient (Wildman–Crippen LogP) is -0.0421. The van der Waals surface area contributed by atoms with Crippen molar-refractivity contribution in [1.29, 1.82) is 0 Å². The topological polar surface area (TPSA) is 43.8 Å². The Kier molecular flexibility index (Phi) is 6.81. The highest BCUT2D eigenvalue weighted by Gasteiger charge is 2.06. The first-order chi connectivity index (χ1) is 6.56. The summed E-state index contributed by atoms with van der Waals surface area (Å²) in [5.41, 5.74) is 0. The lowest BCUT2D eigenvalue weighted by Crippen LogP contribution is -2.33. The van der Waals surface area contributed by atoms with E-state index in [0.29, 0.717) is 13.1 Å². The molecule has 4 heteroatoms. The summed E-state index contributed by atoms with van der Waals surface area (Å²) < 4.78 is 0. The lowest BCUT2D eigenvalue weighted by molar-refractivity contribution is -0.137. The molecule has 0 amide bonds. The number of carboxylic acid groups (broad SMARTS) is 1. The van der Waals surface area contributed by atoms with E-state index in [4.69, 9.17) is 11.5 Å². The van der Waals surface area contributed by atoms with Crippen molar-refractivity contribution in [2.75, 3.05) is 40.3 Å². The van der Waals surface area contributed by atoms with Gasteiger partial charge in [-0.15, -0.1) is 6.42 Å². The Morgan fingerprint density at radius 3 is 2.43 bits per heavy atom. The number of nitrogens with zero attached hydrogens (tertiary/aromatic N) is 2. The molecule has 0 aliphatic rings. The van der Waals surface area contributed by atoms with Gasteiger partial charge in [0, 0.05) is 19.6 Å². The van der Waals surface area contributed by atoms with Crippen LogP contribution in [0.5, 0.6) is 0 Å². The molecule has 14 heavy (non-hydrogen) atoms. The molecular weight excluding hydrogens is 180 g/mol. The van der Waals surface area contributed by atoms with Crippen LogP contribution in [0.1, 0.15) is 6.42 Å². The maximum absolute atomic E-state index is 10.4. The molecule has 0 aliphatic heterocycles. The summed E-state index contributed by atoms with van der Waals surface area (Å²) in [5, 5.41) is 8.52. The van der Waals surface area contributed by atoms with Crippen LogP contribution in [0.25, 0.3) is 0 Å². The summed E-state index contributed by atoms with van der Waals surface area (Å²) >= 11 is 0. The fraction of sp³-hybridized carbons (Fsp3) is 0.700. The molecule has 0 aromatic rings. The van der Waals surface area contributed by atoms with Crippen LogP contribution < -0.4 is 0 Å². The summed E-state index contributed by atoms with van der Waals surface area (Å²) in [4.78, 5) is 14.4. The lowest BCUT2D eigenvalue weighted by Gasteiger charge is -2.20. The molecule has 0 saturated carbocycles. The molecule has 0 spiro atoms. The van der Waals surface area contributed by atoms with Crippen LogP contribution in [0.3, 0.4) is 0 Å². The van der Waals surface area contributed by atoms with Gasteiger partial charge >= 0.3 is 5.97 Å². The molecular formula is C10H18N2O2. The first kappa shape index (κ1) is 12.9. The average Bonchev–Trinajstić information content (AvgIpc) is 2.09. The summed E-state index contributed by atoms with van der Waals surface area (Å²) in [5.74, 6) is 1.75. The van der Waals surface area contributed by atoms with Gasteiger partial charge in [-0.05, 0) is 14.1 Å². The van der Waals surface area contributed by atoms with E-state index in [0.717, 1.165) is 13.1 Å². The number of hydrogen-bond acceptors (Lipinski definition) is 3. The van der Waals surface area contributed by atoms with Gasteiger partial charge in [-0.1, -0.05) is 5.92 Å². The highest BCUT2D eigenvalue weighted by molar-refractivity contribution is 5.66. The van der Waals surface area contributed by atoms with Gasteiger partial charge in [0.05, 0.1) is 13.0 Å². The highest BCUT2D eigenvalue weighted by Crippen LogP contribution is 1.91. The Morgan fingerprint density at radius 2 is 2.00 bits per heavy atom. The second kappa shape index (κ2) is 7.36. The molecule has 0 aliphatic carbocycles. The smallest absolute Gasteiger partial charge is 0.304 e. The number of rotatable bonds is 7. The van der Waals surface area contributed by atoms with Crippen LogP contribution >= 0.6 is 0 Å². The second-order valence-corrected chi connectivity index (χ2v) is 3.43. The van der Waals surface area contributed by atoms with Crippen LogP contribution in [0.15, 0.2) is 0 Å². The van der Waals surface area contributed by atoms with E-state index < -0.39 is 5.97 Å². The van der Waals surface area contributed by atoms with E-state index >= 15 is 0 Å². The monoisotopic (exact) mass is 198 g/mol. The van der Waals surface area contributed by atoms with Gasteiger partial charge in [0.1, 0.15) is 0 Å². The van der Waals surface area contributed by atoms with E-state index in [-0.39, 0.29) is 6.42 Å². The minimum atomic E-state index is -0.781. The van der Waals surface area contributed by atoms with Gasteiger partial charge in [-0.25, -0.2) is 0 Å². The van der Waals surface area contributed by atoms with Gasteiger partial charge in [-0.2, -0.15) is 0 Å². The number of likely N-dealkylation sites (N-methyl/N-ethyl adjacent to an activating group) is 1. The number of carbonyl (C=O) groups is 1. The zero-order chi connectivity index (χ0) is 11.0. The van der Waals surface area contributed by atoms with Crippen LogP contribution in [0, 0.1) is 12.3 Å².